The van der Waals surface area contributed by atoms with E-state index in [0.717, 1.165) is 33.2 Å². The number of fused-ring (bicyclic) bond motifs is 1. The van der Waals surface area contributed by atoms with Crippen LogP contribution in [0.15, 0.2) is 170 Å². The van der Waals surface area contributed by atoms with Crippen LogP contribution in [0.1, 0.15) is 22.3 Å². The SMILES string of the molecule is COc1cccc(B2O[C@@H]3[C@@H](OB(c4cccc(OC)c4)OC3(c3ccccc3)c3ccccc3)C(c3ccccc3)(c3ccccc3)O2)c1. The van der Waals surface area contributed by atoms with Gasteiger partial charge < -0.3 is 28.1 Å². The van der Waals surface area contributed by atoms with Gasteiger partial charge in [-0.15, -0.1) is 0 Å². The van der Waals surface area contributed by atoms with Crippen molar-refractivity contribution in [3.63, 3.8) is 0 Å². The van der Waals surface area contributed by atoms with E-state index in [1.54, 1.807) is 14.2 Å². The Hall–Kier alpha value is -5.11. The maximum absolute atomic E-state index is 7.41. The van der Waals surface area contributed by atoms with Crippen molar-refractivity contribution < 1.29 is 28.1 Å². The van der Waals surface area contributed by atoms with Crippen LogP contribution in [0.4, 0.5) is 0 Å². The molecule has 2 aliphatic rings. The van der Waals surface area contributed by atoms with Crippen LogP contribution in [0.2, 0.25) is 0 Å². The summed E-state index contributed by atoms with van der Waals surface area (Å²) in [7, 11) is 1.65. The van der Waals surface area contributed by atoms with Crippen molar-refractivity contribution in [1.29, 1.82) is 0 Å². The third kappa shape index (κ3) is 5.51. The normalized spacial score (nSPS) is 19.3. The molecule has 2 heterocycles. The fourth-order valence-corrected chi connectivity index (χ4v) is 7.43. The van der Waals surface area contributed by atoms with Gasteiger partial charge in [-0.2, -0.15) is 0 Å². The summed E-state index contributed by atoms with van der Waals surface area (Å²) in [6.45, 7) is 0. The minimum atomic E-state index is -1.16. The number of benzene rings is 6. The van der Waals surface area contributed by atoms with E-state index in [-0.39, 0.29) is 0 Å². The van der Waals surface area contributed by atoms with Crippen molar-refractivity contribution >= 4 is 25.2 Å². The van der Waals surface area contributed by atoms with E-state index in [0.29, 0.717) is 11.5 Å². The van der Waals surface area contributed by atoms with E-state index in [9.17, 15) is 0 Å². The van der Waals surface area contributed by atoms with Crippen LogP contribution in [-0.2, 0) is 29.8 Å². The van der Waals surface area contributed by atoms with Gasteiger partial charge in [0.25, 0.3) is 0 Å². The fourth-order valence-electron chi connectivity index (χ4n) is 7.43. The molecule has 0 radical (unpaired) electrons. The van der Waals surface area contributed by atoms with Gasteiger partial charge >= 0.3 is 14.2 Å². The van der Waals surface area contributed by atoms with Gasteiger partial charge in [-0.1, -0.05) is 146 Å². The number of methoxy groups -OCH3 is 2. The van der Waals surface area contributed by atoms with E-state index in [4.69, 9.17) is 28.1 Å². The van der Waals surface area contributed by atoms with E-state index in [1.807, 2.05) is 121 Å². The Labute approximate surface area is 293 Å². The number of rotatable bonds is 8. The molecule has 0 unspecified atom stereocenters. The molecule has 2 saturated heterocycles. The largest absolute Gasteiger partial charge is 0.497 e. The molecule has 8 heteroatoms. The van der Waals surface area contributed by atoms with E-state index in [1.165, 1.54) is 0 Å². The van der Waals surface area contributed by atoms with E-state index in [2.05, 4.69) is 48.5 Å². The number of ether oxygens (including phenoxy) is 2. The van der Waals surface area contributed by atoms with Crippen LogP contribution in [0.3, 0.4) is 0 Å². The minimum Gasteiger partial charge on any atom is -0.497 e. The minimum absolute atomic E-state index is 0.702. The molecule has 6 nitrogen and oxygen atoms in total. The maximum Gasteiger partial charge on any atom is 0.495 e. The molecule has 0 saturated carbocycles. The predicted octanol–water partition coefficient (Wildman–Crippen LogP) is 6.51. The summed E-state index contributed by atoms with van der Waals surface area (Å²) in [5, 5.41) is 0. The van der Waals surface area contributed by atoms with Gasteiger partial charge in [0.1, 0.15) is 34.9 Å². The summed E-state index contributed by atoms with van der Waals surface area (Å²) in [5.41, 5.74) is 3.02. The van der Waals surface area contributed by atoms with Crippen LogP contribution in [-0.4, -0.2) is 40.7 Å². The van der Waals surface area contributed by atoms with Gasteiger partial charge in [-0.05, 0) is 57.4 Å². The van der Waals surface area contributed by atoms with Crippen molar-refractivity contribution in [2.45, 2.75) is 23.4 Å². The lowest BCUT2D eigenvalue weighted by molar-refractivity contribution is -0.210. The summed E-state index contributed by atoms with van der Waals surface area (Å²) >= 11 is 0. The van der Waals surface area contributed by atoms with Crippen LogP contribution in [0.5, 0.6) is 11.5 Å². The molecule has 50 heavy (non-hydrogen) atoms. The Morgan fingerprint density at radius 3 is 1.04 bits per heavy atom. The summed E-state index contributed by atoms with van der Waals surface area (Å²) in [5.74, 6) is 1.40. The summed E-state index contributed by atoms with van der Waals surface area (Å²) in [4.78, 5) is 0. The standard InChI is InChI=1S/C42H36B2O6/c1-45-37-27-15-25-35(29-37)43-47-39-40(41(49-43,31-17-7-3-8-18-31)32-19-9-4-10-20-32)48-44(36-26-16-28-38(30-36)46-2)50-42(39,33-21-11-5-12-22-33)34-23-13-6-14-24-34/h3-30,39-40H,1-2H3/t39-,40-/m1/s1. The zero-order valence-electron chi connectivity index (χ0n) is 27.9. The maximum atomic E-state index is 7.41. The first-order valence-electron chi connectivity index (χ1n) is 16.8. The Bertz CT molecular complexity index is 1800. The fraction of sp³-hybridized carbons (Fsp3) is 0.143. The van der Waals surface area contributed by atoms with Gasteiger partial charge in [0, 0.05) is 0 Å². The molecule has 0 amide bonds. The zero-order valence-corrected chi connectivity index (χ0v) is 27.9. The number of hydrogen-bond donors (Lipinski definition) is 0. The second-order valence-electron chi connectivity index (χ2n) is 12.5. The Morgan fingerprint density at radius 1 is 0.420 bits per heavy atom. The van der Waals surface area contributed by atoms with Crippen molar-refractivity contribution in [2.75, 3.05) is 14.2 Å². The smallest absolute Gasteiger partial charge is 0.495 e. The molecule has 0 N–H and O–H groups in total. The first kappa shape index (κ1) is 32.1. The molecule has 0 spiro atoms. The molecule has 6 aromatic carbocycles. The molecule has 2 aliphatic heterocycles. The molecule has 246 valence electrons. The average Bonchev–Trinajstić information content (AvgIpc) is 3.21. The average molecular weight is 658 g/mol. The van der Waals surface area contributed by atoms with Crippen LogP contribution >= 0.6 is 0 Å². The van der Waals surface area contributed by atoms with Gasteiger partial charge in [0.2, 0.25) is 0 Å². The lowest BCUT2D eigenvalue weighted by atomic mass is 9.62. The van der Waals surface area contributed by atoms with Gasteiger partial charge in [0.05, 0.1) is 14.2 Å². The summed E-state index contributed by atoms with van der Waals surface area (Å²) in [6, 6.07) is 56.8. The third-order valence-electron chi connectivity index (χ3n) is 9.75. The first-order valence-corrected chi connectivity index (χ1v) is 16.8. The van der Waals surface area contributed by atoms with Crippen LogP contribution < -0.4 is 20.4 Å². The molecule has 2 fully saturated rings. The number of hydrogen-bond acceptors (Lipinski definition) is 6. The monoisotopic (exact) mass is 658 g/mol. The van der Waals surface area contributed by atoms with Crippen molar-refractivity contribution in [1.82, 2.24) is 0 Å². The molecule has 0 aliphatic carbocycles. The zero-order chi connectivity index (χ0) is 34.0. The topological polar surface area (TPSA) is 55.4 Å². The highest BCUT2D eigenvalue weighted by Gasteiger charge is 2.66. The molecule has 2 atom stereocenters. The highest BCUT2D eigenvalue weighted by Crippen LogP contribution is 2.53. The first-order chi connectivity index (χ1) is 24.7. The van der Waals surface area contributed by atoms with Crippen LogP contribution in [0.25, 0.3) is 0 Å². The van der Waals surface area contributed by atoms with Crippen molar-refractivity contribution in [3.05, 3.63) is 192 Å². The lowest BCUT2D eigenvalue weighted by Crippen LogP contribution is -2.73. The molecule has 8 rings (SSSR count). The highest BCUT2D eigenvalue weighted by atomic mass is 16.7. The molecular formula is C42H36B2O6. The summed E-state index contributed by atoms with van der Waals surface area (Å²) < 4.78 is 40.7. The quantitative estimate of drug-likeness (QED) is 0.174. The molecular weight excluding hydrogens is 622 g/mol. The predicted molar refractivity (Wildman–Crippen MR) is 196 cm³/mol. The van der Waals surface area contributed by atoms with E-state index < -0.39 is 37.6 Å². The van der Waals surface area contributed by atoms with Crippen LogP contribution in [0, 0.1) is 0 Å². The summed E-state index contributed by atoms with van der Waals surface area (Å²) in [6.07, 6.45) is -1.45. The lowest BCUT2D eigenvalue weighted by Gasteiger charge is -2.59. The van der Waals surface area contributed by atoms with Gasteiger partial charge in [-0.25, -0.2) is 0 Å². The Morgan fingerprint density at radius 2 is 0.740 bits per heavy atom. The second kappa shape index (κ2) is 13.7. The molecule has 0 bridgehead atoms. The third-order valence-corrected chi connectivity index (χ3v) is 9.75. The molecule has 6 aromatic rings. The Kier molecular flexibility index (Phi) is 8.77. The van der Waals surface area contributed by atoms with Crippen molar-refractivity contribution in [3.8, 4) is 11.5 Å². The van der Waals surface area contributed by atoms with E-state index >= 15 is 0 Å². The Balaban J connectivity index is 1.45. The second-order valence-corrected chi connectivity index (χ2v) is 12.5. The van der Waals surface area contributed by atoms with Gasteiger partial charge in [0.15, 0.2) is 0 Å². The highest BCUT2D eigenvalue weighted by molar-refractivity contribution is 6.63. The van der Waals surface area contributed by atoms with Crippen molar-refractivity contribution in [2.24, 2.45) is 0 Å². The van der Waals surface area contributed by atoms with Gasteiger partial charge in [-0.3, -0.25) is 0 Å². The molecule has 0 aromatic heterocycles.